The third-order valence-electron chi connectivity index (χ3n) is 3.86. The van der Waals surface area contributed by atoms with Crippen molar-refractivity contribution in [2.75, 3.05) is 24.3 Å². The summed E-state index contributed by atoms with van der Waals surface area (Å²) in [5.74, 6) is 1.96. The molecule has 0 aliphatic carbocycles. The van der Waals surface area contributed by atoms with Gasteiger partial charge in [-0.05, 0) is 36.8 Å². The number of aromatic nitrogens is 2. The Balaban J connectivity index is 1.88. The fourth-order valence-corrected chi connectivity index (χ4v) is 2.90. The van der Waals surface area contributed by atoms with Crippen LogP contribution in [0, 0.1) is 4.78 Å². The molecule has 140 valence electrons. The number of rotatable bonds is 7. The van der Waals surface area contributed by atoms with E-state index < -0.39 is 10.6 Å². The second kappa shape index (κ2) is 8.50. The smallest absolute Gasteiger partial charge is 0.229 e. The van der Waals surface area contributed by atoms with Gasteiger partial charge in [-0.15, -0.1) is 0 Å². The van der Waals surface area contributed by atoms with E-state index in [1.807, 2.05) is 31.2 Å². The number of benzene rings is 2. The van der Waals surface area contributed by atoms with Crippen LogP contribution < -0.4 is 15.4 Å². The van der Waals surface area contributed by atoms with Gasteiger partial charge >= 0.3 is 0 Å². The van der Waals surface area contributed by atoms with E-state index in [2.05, 4.69) is 20.6 Å². The summed E-state index contributed by atoms with van der Waals surface area (Å²) in [6.45, 7) is 2.73. The van der Waals surface area contributed by atoms with Crippen molar-refractivity contribution in [3.05, 3.63) is 54.7 Å². The van der Waals surface area contributed by atoms with Crippen LogP contribution in [0.1, 0.15) is 6.92 Å². The van der Waals surface area contributed by atoms with Gasteiger partial charge in [0.15, 0.2) is 0 Å². The minimum absolute atomic E-state index is 0.447. The summed E-state index contributed by atoms with van der Waals surface area (Å²) in [6.07, 6.45) is 1.77. The highest BCUT2D eigenvalue weighted by atomic mass is 32.2. The van der Waals surface area contributed by atoms with Crippen molar-refractivity contribution in [1.29, 1.82) is 4.78 Å². The molecule has 3 N–H and O–H groups in total. The van der Waals surface area contributed by atoms with Crippen molar-refractivity contribution >= 4 is 28.0 Å². The Morgan fingerprint density at radius 3 is 2.41 bits per heavy atom. The molecule has 3 rings (SSSR count). The predicted octanol–water partition coefficient (Wildman–Crippen LogP) is 4.41. The molecule has 1 heterocycles. The Bertz CT molecular complexity index is 978. The lowest BCUT2D eigenvalue weighted by Gasteiger charge is -2.13. The van der Waals surface area contributed by atoms with E-state index in [-0.39, 0.29) is 0 Å². The Hall–Kier alpha value is -3.13. The summed E-state index contributed by atoms with van der Waals surface area (Å²) >= 11 is 0. The lowest BCUT2D eigenvalue weighted by molar-refractivity contribution is 0.415. The monoisotopic (exact) mass is 382 g/mol. The van der Waals surface area contributed by atoms with Crippen LogP contribution in [0.25, 0.3) is 11.1 Å². The molecule has 2 aromatic carbocycles. The van der Waals surface area contributed by atoms with E-state index in [1.54, 1.807) is 37.6 Å². The van der Waals surface area contributed by atoms with E-state index in [4.69, 9.17) is 9.52 Å². The molecule has 7 nitrogen and oxygen atoms in total. The van der Waals surface area contributed by atoms with Gasteiger partial charge in [-0.1, -0.05) is 29.2 Å². The van der Waals surface area contributed by atoms with Crippen molar-refractivity contribution in [3.63, 3.8) is 0 Å². The second-order valence-electron chi connectivity index (χ2n) is 5.63. The number of anilines is 3. The van der Waals surface area contributed by atoms with Gasteiger partial charge in [0.25, 0.3) is 0 Å². The molecule has 0 fully saturated rings. The molecule has 0 saturated carbocycles. The topological polar surface area (TPSA) is 100.0 Å². The molecule has 0 radical (unpaired) electrons. The van der Waals surface area contributed by atoms with Crippen LogP contribution in [0.5, 0.6) is 5.75 Å². The number of methoxy groups -OCH3 is 1. The van der Waals surface area contributed by atoms with Crippen LogP contribution in [0.3, 0.4) is 0 Å². The zero-order chi connectivity index (χ0) is 19.2. The van der Waals surface area contributed by atoms with Gasteiger partial charge < -0.3 is 24.4 Å². The van der Waals surface area contributed by atoms with Crippen LogP contribution in [0.4, 0.5) is 17.5 Å². The molecule has 8 heteroatoms. The maximum Gasteiger partial charge on any atom is 0.229 e. The first-order valence-electron chi connectivity index (χ1n) is 8.36. The number of ether oxygens (including phenoxy) is 1. The van der Waals surface area contributed by atoms with Crippen LogP contribution in [0.2, 0.25) is 0 Å². The van der Waals surface area contributed by atoms with Crippen LogP contribution in [0.15, 0.2) is 59.6 Å². The largest absolute Gasteiger partial charge is 0.497 e. The highest BCUT2D eigenvalue weighted by Crippen LogP contribution is 2.29. The Labute approximate surface area is 159 Å². The van der Waals surface area contributed by atoms with Crippen molar-refractivity contribution in [3.8, 4) is 16.9 Å². The minimum Gasteiger partial charge on any atom is -0.497 e. The molecule has 0 spiro atoms. The van der Waals surface area contributed by atoms with Gasteiger partial charge in [-0.3, -0.25) is 0 Å². The van der Waals surface area contributed by atoms with E-state index in [0.717, 1.165) is 34.9 Å². The average molecular weight is 382 g/mol. The highest BCUT2D eigenvalue weighted by Gasteiger charge is 2.09. The average Bonchev–Trinajstić information content (AvgIpc) is 2.69. The van der Waals surface area contributed by atoms with Gasteiger partial charge in [0, 0.05) is 24.0 Å². The van der Waals surface area contributed by atoms with Gasteiger partial charge in [-0.25, -0.2) is 4.98 Å². The molecular formula is C19H20N5O2S-. The summed E-state index contributed by atoms with van der Waals surface area (Å²) in [6, 6.07) is 14.5. The summed E-state index contributed by atoms with van der Waals surface area (Å²) in [4.78, 5) is 9.42. The van der Waals surface area contributed by atoms with Crippen molar-refractivity contribution in [2.24, 2.45) is 0 Å². The SMILES string of the molecule is CCNc1nc(Nc2ccc([S-](=N)=O)cc2)ncc1-c1ccc(OC)cc1. The number of nitrogens with zero attached hydrogens (tertiary/aromatic N) is 2. The molecule has 0 unspecified atom stereocenters. The number of hydrogen-bond donors (Lipinski definition) is 3. The maximum atomic E-state index is 11.2. The van der Waals surface area contributed by atoms with Crippen molar-refractivity contribution in [2.45, 2.75) is 11.8 Å². The van der Waals surface area contributed by atoms with Crippen molar-refractivity contribution < 1.29 is 8.95 Å². The Morgan fingerprint density at radius 1 is 1.11 bits per heavy atom. The first-order chi connectivity index (χ1) is 13.1. The van der Waals surface area contributed by atoms with Crippen LogP contribution in [-0.4, -0.2) is 23.6 Å². The Kier molecular flexibility index (Phi) is 5.87. The molecule has 0 amide bonds. The third kappa shape index (κ3) is 4.53. The van der Waals surface area contributed by atoms with E-state index in [9.17, 15) is 4.21 Å². The molecule has 3 aromatic rings. The van der Waals surface area contributed by atoms with Crippen LogP contribution >= 0.6 is 0 Å². The van der Waals surface area contributed by atoms with Gasteiger partial charge in [0.2, 0.25) is 5.95 Å². The zero-order valence-electron chi connectivity index (χ0n) is 15.0. The normalized spacial score (nSPS) is 10.6. The van der Waals surface area contributed by atoms with Crippen LogP contribution in [-0.2, 0) is 14.8 Å². The molecule has 27 heavy (non-hydrogen) atoms. The predicted molar refractivity (Wildman–Crippen MR) is 107 cm³/mol. The lowest BCUT2D eigenvalue weighted by Crippen LogP contribution is -2.05. The Morgan fingerprint density at radius 2 is 1.81 bits per heavy atom. The second-order valence-corrected chi connectivity index (χ2v) is 6.64. The minimum atomic E-state index is -1.74. The number of nitrogens with one attached hydrogen (secondary N) is 3. The summed E-state index contributed by atoms with van der Waals surface area (Å²) in [7, 11) is -0.109. The molecule has 0 bridgehead atoms. The third-order valence-corrected chi connectivity index (χ3v) is 4.56. The fraction of sp³-hybridized carbons (Fsp3) is 0.158. The standard InChI is InChI=1S/C19H20N5O2S/c1-3-21-18-17(13-4-8-15(26-2)9-5-13)12-22-19(24-18)23-14-6-10-16(11-7-14)27(20)25/h4-12,20H,3H2,1-2H3,(H2,21,22,23,24)/q-1. The first-order valence-corrected chi connectivity index (χ1v) is 9.51. The maximum absolute atomic E-state index is 11.2. The molecule has 0 aliphatic heterocycles. The molecule has 1 aromatic heterocycles. The van der Waals surface area contributed by atoms with E-state index in [1.165, 1.54) is 0 Å². The van der Waals surface area contributed by atoms with E-state index >= 15 is 0 Å². The van der Waals surface area contributed by atoms with Gasteiger partial charge in [0.1, 0.15) is 11.6 Å². The lowest BCUT2D eigenvalue weighted by atomic mass is 10.1. The molecule has 0 aliphatic rings. The molecular weight excluding hydrogens is 362 g/mol. The summed E-state index contributed by atoms with van der Waals surface area (Å²) < 4.78 is 23.6. The van der Waals surface area contributed by atoms with E-state index in [0.29, 0.717) is 10.8 Å². The van der Waals surface area contributed by atoms with Crippen molar-refractivity contribution in [1.82, 2.24) is 9.97 Å². The van der Waals surface area contributed by atoms with Gasteiger partial charge in [-0.2, -0.15) is 15.6 Å². The number of hydrogen-bond acceptors (Lipinski definition) is 8. The van der Waals surface area contributed by atoms with Gasteiger partial charge in [0.05, 0.1) is 7.11 Å². The highest BCUT2D eigenvalue weighted by molar-refractivity contribution is 7.73. The zero-order valence-corrected chi connectivity index (χ0v) is 15.8. The summed E-state index contributed by atoms with van der Waals surface area (Å²) in [5.41, 5.74) is 2.63. The molecule has 0 atom stereocenters. The fourth-order valence-electron chi connectivity index (χ4n) is 2.52. The quantitative estimate of drug-likeness (QED) is 0.523. The molecule has 0 saturated heterocycles. The first kappa shape index (κ1) is 18.7. The summed E-state index contributed by atoms with van der Waals surface area (Å²) in [5, 5.41) is 6.39.